The van der Waals surface area contributed by atoms with Gasteiger partial charge in [-0.05, 0) is 60.9 Å². The van der Waals surface area contributed by atoms with Crippen molar-refractivity contribution in [2.24, 2.45) is 5.92 Å². The molecule has 2 aromatic carbocycles. The van der Waals surface area contributed by atoms with Gasteiger partial charge in [0.1, 0.15) is 5.75 Å². The minimum atomic E-state index is 0.192. The second kappa shape index (κ2) is 11.1. The first-order valence-corrected chi connectivity index (χ1v) is 10.7. The van der Waals surface area contributed by atoms with Crippen molar-refractivity contribution in [1.29, 1.82) is 0 Å². The molecule has 4 heteroatoms. The summed E-state index contributed by atoms with van der Waals surface area (Å²) < 4.78 is 5.57. The van der Waals surface area contributed by atoms with Crippen molar-refractivity contribution < 1.29 is 9.53 Å². The molecule has 0 spiro atoms. The monoisotopic (exact) mass is 414 g/mol. The van der Waals surface area contributed by atoms with E-state index in [2.05, 4.69) is 24.1 Å². The summed E-state index contributed by atoms with van der Waals surface area (Å²) in [5.41, 5.74) is 4.38. The van der Waals surface area contributed by atoms with Crippen molar-refractivity contribution in [3.8, 4) is 5.75 Å². The molecule has 0 aliphatic carbocycles. The maximum atomic E-state index is 12.5. The van der Waals surface area contributed by atoms with Crippen LogP contribution in [0.5, 0.6) is 5.75 Å². The van der Waals surface area contributed by atoms with Gasteiger partial charge in [-0.2, -0.15) is 0 Å². The minimum Gasteiger partial charge on any atom is -0.496 e. The number of carbonyl (C=O) groups excluding carboxylic acids is 1. The smallest absolute Gasteiger partial charge is 0.162 e. The van der Waals surface area contributed by atoms with Gasteiger partial charge in [-0.15, -0.1) is 0 Å². The highest BCUT2D eigenvalue weighted by Gasteiger charge is 2.08. The molecule has 0 bridgehead atoms. The number of pyridine rings is 1. The van der Waals surface area contributed by atoms with Gasteiger partial charge in [-0.25, -0.2) is 0 Å². The normalized spacial score (nSPS) is 11.1. The quantitative estimate of drug-likeness (QED) is 0.362. The number of nitrogens with zero attached hydrogens (tertiary/aromatic N) is 1. The van der Waals surface area contributed by atoms with Crippen molar-refractivity contribution >= 4 is 29.3 Å². The van der Waals surface area contributed by atoms with E-state index in [0.717, 1.165) is 46.8 Å². The van der Waals surface area contributed by atoms with Crippen molar-refractivity contribution in [3.05, 3.63) is 83.7 Å². The van der Waals surface area contributed by atoms with E-state index in [4.69, 9.17) is 4.74 Å². The first-order valence-electron chi connectivity index (χ1n) is 10.7. The van der Waals surface area contributed by atoms with Crippen LogP contribution in [0.15, 0.2) is 66.9 Å². The molecule has 0 amide bonds. The van der Waals surface area contributed by atoms with Crippen LogP contribution in [0, 0.1) is 5.92 Å². The van der Waals surface area contributed by atoms with Crippen LogP contribution in [0.1, 0.15) is 54.7 Å². The first-order chi connectivity index (χ1) is 15.0. The van der Waals surface area contributed by atoms with E-state index in [9.17, 15) is 4.79 Å². The number of carbonyl (C=O) groups is 1. The second-order valence-corrected chi connectivity index (χ2v) is 7.96. The zero-order valence-corrected chi connectivity index (χ0v) is 18.5. The van der Waals surface area contributed by atoms with E-state index >= 15 is 0 Å². The lowest BCUT2D eigenvalue weighted by molar-refractivity contribution is 0.0978. The van der Waals surface area contributed by atoms with Crippen LogP contribution in [0.2, 0.25) is 0 Å². The molecular formula is C27H30N2O2. The number of anilines is 2. The summed E-state index contributed by atoms with van der Waals surface area (Å²) in [6.45, 7) is 4.37. The molecule has 0 fully saturated rings. The predicted octanol–water partition coefficient (Wildman–Crippen LogP) is 7.01. The molecule has 0 unspecified atom stereocenters. The third-order valence-electron chi connectivity index (χ3n) is 5.01. The zero-order valence-electron chi connectivity index (χ0n) is 18.5. The standard InChI is InChI=1S/C27H30N2O2/c1-20(2)8-6-12-26(30)22-9-7-11-24(18-22)29-25-16-14-21(27(19-25)31-3)13-15-23-10-4-5-17-28-23/h4-5,7,9-11,13-20,29H,6,8,12H2,1-3H3/b15-13+. The van der Waals surface area contributed by atoms with Gasteiger partial charge in [0.05, 0.1) is 12.8 Å². The van der Waals surface area contributed by atoms with Crippen molar-refractivity contribution in [2.75, 3.05) is 12.4 Å². The molecule has 0 atom stereocenters. The molecule has 1 heterocycles. The molecule has 3 rings (SSSR count). The third kappa shape index (κ3) is 6.82. The molecule has 0 saturated heterocycles. The molecule has 0 aliphatic heterocycles. The number of benzene rings is 2. The van der Waals surface area contributed by atoms with Gasteiger partial charge in [-0.3, -0.25) is 9.78 Å². The molecule has 0 radical (unpaired) electrons. The molecule has 1 aromatic heterocycles. The summed E-state index contributed by atoms with van der Waals surface area (Å²) in [6.07, 6.45) is 8.31. The number of Topliss-reactive ketones (excluding diaryl/α,β-unsaturated/α-hetero) is 1. The molecule has 160 valence electrons. The highest BCUT2D eigenvalue weighted by Crippen LogP contribution is 2.27. The van der Waals surface area contributed by atoms with Gasteiger partial charge < -0.3 is 10.1 Å². The van der Waals surface area contributed by atoms with Gasteiger partial charge in [0.15, 0.2) is 5.78 Å². The van der Waals surface area contributed by atoms with Crippen molar-refractivity contribution in [1.82, 2.24) is 4.98 Å². The summed E-state index contributed by atoms with van der Waals surface area (Å²) in [5.74, 6) is 1.58. The van der Waals surface area contributed by atoms with E-state index in [1.54, 1.807) is 13.3 Å². The lowest BCUT2D eigenvalue weighted by atomic mass is 10.0. The Morgan fingerprint density at radius 3 is 2.61 bits per heavy atom. The van der Waals surface area contributed by atoms with Gasteiger partial charge in [-0.1, -0.05) is 38.5 Å². The lowest BCUT2D eigenvalue weighted by Crippen LogP contribution is -2.01. The first kappa shape index (κ1) is 22.3. The molecule has 31 heavy (non-hydrogen) atoms. The summed E-state index contributed by atoms with van der Waals surface area (Å²) in [6, 6.07) is 19.4. The maximum absolute atomic E-state index is 12.5. The molecule has 1 N–H and O–H groups in total. The SMILES string of the molecule is COc1cc(Nc2cccc(C(=O)CCCC(C)C)c2)ccc1/C=C/c1ccccn1. The predicted molar refractivity (Wildman–Crippen MR) is 129 cm³/mol. The Labute approximate surface area is 185 Å². The summed E-state index contributed by atoms with van der Waals surface area (Å²) in [4.78, 5) is 16.8. The van der Waals surface area contributed by atoms with Crippen LogP contribution in [-0.4, -0.2) is 17.9 Å². The van der Waals surface area contributed by atoms with E-state index in [1.807, 2.05) is 72.8 Å². The summed E-state index contributed by atoms with van der Waals surface area (Å²) >= 11 is 0. The number of ketones is 1. The third-order valence-corrected chi connectivity index (χ3v) is 5.01. The Bertz CT molecular complexity index is 1030. The highest BCUT2D eigenvalue weighted by molar-refractivity contribution is 5.97. The van der Waals surface area contributed by atoms with Crippen LogP contribution >= 0.6 is 0 Å². The molecular weight excluding hydrogens is 384 g/mol. The van der Waals surface area contributed by atoms with Gasteiger partial charge in [0.2, 0.25) is 0 Å². The van der Waals surface area contributed by atoms with Crippen molar-refractivity contribution in [3.63, 3.8) is 0 Å². The number of hydrogen-bond donors (Lipinski definition) is 1. The van der Waals surface area contributed by atoms with Crippen LogP contribution in [0.3, 0.4) is 0 Å². The molecule has 0 saturated carbocycles. The topological polar surface area (TPSA) is 51.2 Å². The van der Waals surface area contributed by atoms with E-state index < -0.39 is 0 Å². The van der Waals surface area contributed by atoms with Crippen LogP contribution in [0.25, 0.3) is 12.2 Å². The van der Waals surface area contributed by atoms with E-state index in [1.165, 1.54) is 0 Å². The maximum Gasteiger partial charge on any atom is 0.162 e. The Morgan fingerprint density at radius 1 is 1.03 bits per heavy atom. The fraction of sp³-hybridized carbons (Fsp3) is 0.259. The molecule has 4 nitrogen and oxygen atoms in total. The average Bonchev–Trinajstić information content (AvgIpc) is 2.78. The fourth-order valence-electron chi connectivity index (χ4n) is 3.33. The number of rotatable bonds is 10. The highest BCUT2D eigenvalue weighted by atomic mass is 16.5. The number of methoxy groups -OCH3 is 1. The Balaban J connectivity index is 1.70. The van der Waals surface area contributed by atoms with Crippen molar-refractivity contribution in [2.45, 2.75) is 33.1 Å². The fourth-order valence-corrected chi connectivity index (χ4v) is 3.33. The Hall–Kier alpha value is -3.40. The zero-order chi connectivity index (χ0) is 22.1. The van der Waals surface area contributed by atoms with Gasteiger partial charge >= 0.3 is 0 Å². The number of aromatic nitrogens is 1. The van der Waals surface area contributed by atoms with Gasteiger partial charge in [0, 0.05) is 41.2 Å². The average molecular weight is 415 g/mol. The minimum absolute atomic E-state index is 0.192. The Kier molecular flexibility index (Phi) is 7.99. The lowest BCUT2D eigenvalue weighted by Gasteiger charge is -2.11. The Morgan fingerprint density at radius 2 is 1.87 bits per heavy atom. The summed E-state index contributed by atoms with van der Waals surface area (Å²) in [7, 11) is 1.66. The largest absolute Gasteiger partial charge is 0.496 e. The number of nitrogens with one attached hydrogen (secondary N) is 1. The van der Waals surface area contributed by atoms with E-state index in [0.29, 0.717) is 12.3 Å². The van der Waals surface area contributed by atoms with E-state index in [-0.39, 0.29) is 5.78 Å². The van der Waals surface area contributed by atoms with Crippen LogP contribution in [0.4, 0.5) is 11.4 Å². The molecule has 3 aromatic rings. The number of hydrogen-bond acceptors (Lipinski definition) is 4. The number of ether oxygens (including phenoxy) is 1. The second-order valence-electron chi connectivity index (χ2n) is 7.96. The van der Waals surface area contributed by atoms with Gasteiger partial charge in [0.25, 0.3) is 0 Å². The van der Waals surface area contributed by atoms with Crippen LogP contribution in [-0.2, 0) is 0 Å². The molecule has 0 aliphatic rings. The van der Waals surface area contributed by atoms with Crippen LogP contribution < -0.4 is 10.1 Å². The summed E-state index contributed by atoms with van der Waals surface area (Å²) in [5, 5.41) is 3.38.